The van der Waals surface area contributed by atoms with Crippen LogP contribution in [0.15, 0.2) is 65.3 Å². The fourth-order valence-electron chi connectivity index (χ4n) is 2.94. The molecular weight excluding hydrogens is 378 g/mol. The van der Waals surface area contributed by atoms with E-state index in [1.54, 1.807) is 6.26 Å². The topological polar surface area (TPSA) is 61.6 Å². The molecule has 5 nitrogen and oxygen atoms in total. The van der Waals surface area contributed by atoms with E-state index in [0.717, 1.165) is 36.3 Å². The van der Waals surface area contributed by atoms with Gasteiger partial charge in [0.15, 0.2) is 0 Å². The smallest absolute Gasteiger partial charge is 0.305 e. The van der Waals surface area contributed by atoms with Gasteiger partial charge in [-0.3, -0.25) is 4.79 Å². The van der Waals surface area contributed by atoms with Gasteiger partial charge < -0.3 is 13.9 Å². The van der Waals surface area contributed by atoms with E-state index in [1.165, 1.54) is 5.56 Å². The average molecular weight is 405 g/mol. The van der Waals surface area contributed by atoms with E-state index in [4.69, 9.17) is 13.9 Å². The number of carbonyl (C=O) groups excluding carboxylic acids is 1. The van der Waals surface area contributed by atoms with Crippen molar-refractivity contribution in [2.75, 3.05) is 6.61 Å². The summed E-state index contributed by atoms with van der Waals surface area (Å²) in [6, 6.07) is 18.0. The number of nitrogens with zero attached hydrogens (tertiary/aromatic N) is 1. The second-order valence-corrected chi connectivity index (χ2v) is 6.87. The van der Waals surface area contributed by atoms with E-state index in [2.05, 4.69) is 17.1 Å². The lowest BCUT2D eigenvalue weighted by molar-refractivity contribution is -0.143. The van der Waals surface area contributed by atoms with Gasteiger partial charge in [-0.05, 0) is 55.5 Å². The molecule has 0 saturated heterocycles. The van der Waals surface area contributed by atoms with Crippen molar-refractivity contribution < 1.29 is 18.7 Å². The number of benzene rings is 2. The molecule has 0 fully saturated rings. The van der Waals surface area contributed by atoms with Gasteiger partial charge in [0.25, 0.3) is 0 Å². The predicted molar refractivity (Wildman–Crippen MR) is 117 cm³/mol. The minimum Gasteiger partial charge on any atom is -0.487 e. The molecule has 3 aromatic rings. The Balaban J connectivity index is 1.40. The first-order valence-corrected chi connectivity index (χ1v) is 10.3. The zero-order chi connectivity index (χ0) is 21.0. The number of rotatable bonds is 11. The van der Waals surface area contributed by atoms with E-state index < -0.39 is 0 Å². The molecule has 0 aliphatic heterocycles. The molecular formula is C25H27NO4. The second kappa shape index (κ2) is 11.6. The lowest BCUT2D eigenvalue weighted by Crippen LogP contribution is -2.03. The number of hydrogen-bond donors (Lipinski definition) is 0. The van der Waals surface area contributed by atoms with Crippen molar-refractivity contribution in [2.24, 2.45) is 0 Å². The number of hydrogen-bond acceptors (Lipinski definition) is 5. The maximum absolute atomic E-state index is 11.3. The van der Waals surface area contributed by atoms with E-state index >= 15 is 0 Å². The van der Waals surface area contributed by atoms with Gasteiger partial charge in [0.2, 0.25) is 5.89 Å². The highest BCUT2D eigenvalue weighted by Gasteiger charge is 2.04. The van der Waals surface area contributed by atoms with Crippen LogP contribution in [-0.2, 0) is 22.6 Å². The maximum atomic E-state index is 11.3. The molecule has 1 heterocycles. The van der Waals surface area contributed by atoms with Crippen molar-refractivity contribution in [3.63, 3.8) is 0 Å². The first kappa shape index (κ1) is 21.4. The summed E-state index contributed by atoms with van der Waals surface area (Å²) < 4.78 is 16.2. The third-order valence-corrected chi connectivity index (χ3v) is 4.50. The quantitative estimate of drug-likeness (QED) is 0.302. The number of unbranched alkanes of at least 4 members (excludes halogenated alkanes) is 1. The normalized spacial score (nSPS) is 11.0. The second-order valence-electron chi connectivity index (χ2n) is 6.87. The molecule has 1 aromatic heterocycles. The van der Waals surface area contributed by atoms with Crippen molar-refractivity contribution in [1.29, 1.82) is 0 Å². The van der Waals surface area contributed by atoms with Crippen LogP contribution in [0, 0.1) is 0 Å². The van der Waals surface area contributed by atoms with Gasteiger partial charge in [0, 0.05) is 12.5 Å². The van der Waals surface area contributed by atoms with Gasteiger partial charge in [-0.2, -0.15) is 0 Å². The molecule has 0 spiro atoms. The molecule has 0 amide bonds. The summed E-state index contributed by atoms with van der Waals surface area (Å²) in [5.41, 5.74) is 3.06. The number of carbonyl (C=O) groups is 1. The molecule has 0 bridgehead atoms. The highest BCUT2D eigenvalue weighted by molar-refractivity contribution is 5.69. The summed E-state index contributed by atoms with van der Waals surface area (Å²) in [5.74, 6) is 1.22. The summed E-state index contributed by atoms with van der Waals surface area (Å²) in [7, 11) is 0. The third kappa shape index (κ3) is 7.24. The van der Waals surface area contributed by atoms with E-state index in [-0.39, 0.29) is 5.97 Å². The number of aryl methyl sites for hydroxylation is 1. The van der Waals surface area contributed by atoms with Crippen LogP contribution >= 0.6 is 0 Å². The van der Waals surface area contributed by atoms with Gasteiger partial charge in [0.1, 0.15) is 24.3 Å². The summed E-state index contributed by atoms with van der Waals surface area (Å²) in [5, 5.41) is 0. The lowest BCUT2D eigenvalue weighted by Gasteiger charge is -2.06. The van der Waals surface area contributed by atoms with Gasteiger partial charge >= 0.3 is 5.97 Å². The number of oxazole rings is 1. The molecule has 5 heteroatoms. The molecule has 2 aromatic carbocycles. The lowest BCUT2D eigenvalue weighted by atomic mass is 10.1. The molecule has 30 heavy (non-hydrogen) atoms. The van der Waals surface area contributed by atoms with E-state index in [1.807, 2.05) is 61.5 Å². The summed E-state index contributed by atoms with van der Waals surface area (Å²) in [4.78, 5) is 15.8. The third-order valence-electron chi connectivity index (χ3n) is 4.50. The largest absolute Gasteiger partial charge is 0.487 e. The first-order valence-electron chi connectivity index (χ1n) is 10.3. The van der Waals surface area contributed by atoms with Crippen molar-refractivity contribution in [3.8, 4) is 5.75 Å². The fourth-order valence-corrected chi connectivity index (χ4v) is 2.94. The van der Waals surface area contributed by atoms with Crippen molar-refractivity contribution in [2.45, 2.75) is 39.2 Å². The Morgan fingerprint density at radius 3 is 2.60 bits per heavy atom. The first-order chi connectivity index (χ1) is 14.7. The van der Waals surface area contributed by atoms with Crippen LogP contribution in [0.5, 0.6) is 5.75 Å². The molecule has 0 N–H and O–H groups in total. The number of esters is 1. The van der Waals surface area contributed by atoms with Crippen LogP contribution in [0.3, 0.4) is 0 Å². The van der Waals surface area contributed by atoms with Gasteiger partial charge in [-0.25, -0.2) is 4.98 Å². The molecule has 0 aliphatic rings. The van der Waals surface area contributed by atoms with Gasteiger partial charge in [0.05, 0.1) is 6.61 Å². The highest BCUT2D eigenvalue weighted by Crippen LogP contribution is 2.16. The van der Waals surface area contributed by atoms with E-state index in [9.17, 15) is 4.79 Å². The highest BCUT2D eigenvalue weighted by atomic mass is 16.5. The molecule has 3 rings (SSSR count). The van der Waals surface area contributed by atoms with E-state index in [0.29, 0.717) is 25.5 Å². The van der Waals surface area contributed by atoms with Crippen molar-refractivity contribution >= 4 is 18.1 Å². The zero-order valence-electron chi connectivity index (χ0n) is 17.3. The molecule has 0 aliphatic carbocycles. The van der Waals surface area contributed by atoms with Crippen LogP contribution < -0.4 is 4.74 Å². The van der Waals surface area contributed by atoms with Gasteiger partial charge in [-0.15, -0.1) is 0 Å². The van der Waals surface area contributed by atoms with Crippen LogP contribution in [0.2, 0.25) is 0 Å². The number of aromatic nitrogens is 1. The molecule has 0 saturated carbocycles. The van der Waals surface area contributed by atoms with Crippen LogP contribution in [-0.4, -0.2) is 17.6 Å². The average Bonchev–Trinajstić information content (AvgIpc) is 3.23. The maximum Gasteiger partial charge on any atom is 0.305 e. The fraction of sp³-hybridized carbons (Fsp3) is 0.280. The minimum absolute atomic E-state index is 0.118. The Hall–Kier alpha value is -3.34. The molecule has 0 atom stereocenters. The Morgan fingerprint density at radius 1 is 1.03 bits per heavy atom. The molecule has 156 valence electrons. The predicted octanol–water partition coefficient (Wildman–Crippen LogP) is 5.70. The van der Waals surface area contributed by atoms with Gasteiger partial charge in [-0.1, -0.05) is 42.5 Å². The minimum atomic E-state index is -0.118. The Morgan fingerprint density at radius 2 is 1.83 bits per heavy atom. The summed E-state index contributed by atoms with van der Waals surface area (Å²) in [6.45, 7) is 2.62. The zero-order valence-corrected chi connectivity index (χ0v) is 17.3. The molecule has 0 radical (unpaired) electrons. The van der Waals surface area contributed by atoms with Crippen molar-refractivity contribution in [3.05, 3.63) is 83.6 Å². The monoisotopic (exact) mass is 405 g/mol. The van der Waals surface area contributed by atoms with Crippen LogP contribution in [0.1, 0.15) is 48.9 Å². The SMILES string of the molecule is CCOC(=O)CCCCc1ccc(OCc2coc(C=Cc3ccccc3)n2)cc1. The molecule has 0 unspecified atom stereocenters. The Labute approximate surface area is 177 Å². The Bertz CT molecular complexity index is 929. The summed E-state index contributed by atoms with van der Waals surface area (Å²) in [6.07, 6.45) is 8.62. The standard InChI is InChI=1S/C25H27NO4/c1-2-28-25(27)11-7-6-10-21-12-15-23(16-13-21)29-18-22-19-30-24(26-22)17-14-20-8-4-3-5-9-20/h3-5,8-9,12-17,19H,2,6-7,10-11,18H2,1H3. The number of ether oxygens (including phenoxy) is 2. The van der Waals surface area contributed by atoms with Crippen LogP contribution in [0.25, 0.3) is 12.2 Å². The van der Waals surface area contributed by atoms with Crippen molar-refractivity contribution in [1.82, 2.24) is 4.98 Å². The Kier molecular flexibility index (Phi) is 8.27. The summed E-state index contributed by atoms with van der Waals surface area (Å²) >= 11 is 0. The van der Waals surface area contributed by atoms with Crippen LogP contribution in [0.4, 0.5) is 0 Å².